The number of ether oxygens (including phenoxy) is 2. The number of amides is 1. The van der Waals surface area contributed by atoms with Gasteiger partial charge in [-0.2, -0.15) is 0 Å². The van der Waals surface area contributed by atoms with E-state index in [1.807, 2.05) is 24.3 Å². The SMILES string of the molecule is COc1cc(/C=C/C(=O)OCC(=O)N2CC[C@H](C)Sc3ccccc32)ccc1O. The molecule has 1 amide bonds. The normalized spacial score (nSPS) is 16.2. The number of rotatable bonds is 5. The van der Waals surface area contributed by atoms with Crippen LogP contribution in [0, 0.1) is 0 Å². The van der Waals surface area contributed by atoms with Crippen molar-refractivity contribution in [3.05, 3.63) is 54.1 Å². The number of anilines is 1. The number of para-hydroxylation sites is 1. The van der Waals surface area contributed by atoms with Crippen LogP contribution < -0.4 is 9.64 Å². The highest BCUT2D eigenvalue weighted by molar-refractivity contribution is 8.00. The number of carbonyl (C=O) groups excluding carboxylic acids is 2. The molecule has 0 saturated heterocycles. The first-order valence-corrected chi connectivity index (χ1v) is 10.1. The molecule has 0 spiro atoms. The van der Waals surface area contributed by atoms with Crippen LogP contribution >= 0.6 is 11.8 Å². The fourth-order valence-corrected chi connectivity index (χ4v) is 4.08. The maximum absolute atomic E-state index is 12.7. The van der Waals surface area contributed by atoms with E-state index < -0.39 is 5.97 Å². The van der Waals surface area contributed by atoms with Crippen LogP contribution in [-0.4, -0.2) is 42.5 Å². The van der Waals surface area contributed by atoms with Crippen LogP contribution in [-0.2, 0) is 14.3 Å². The maximum atomic E-state index is 12.7. The van der Waals surface area contributed by atoms with Gasteiger partial charge in [-0.15, -0.1) is 11.8 Å². The molecule has 0 saturated carbocycles. The third-order valence-electron chi connectivity index (χ3n) is 4.50. The largest absolute Gasteiger partial charge is 0.504 e. The minimum atomic E-state index is -0.615. The number of thioether (sulfide) groups is 1. The second-order valence-electron chi connectivity index (χ2n) is 6.60. The van der Waals surface area contributed by atoms with E-state index in [4.69, 9.17) is 9.47 Å². The molecule has 7 heteroatoms. The van der Waals surface area contributed by atoms with Crippen molar-refractivity contribution in [3.8, 4) is 11.5 Å². The Hall–Kier alpha value is -2.93. The van der Waals surface area contributed by atoms with Gasteiger partial charge in [0.1, 0.15) is 0 Å². The molecule has 0 radical (unpaired) electrons. The van der Waals surface area contributed by atoms with Crippen LogP contribution in [0.2, 0.25) is 0 Å². The molecule has 1 aliphatic heterocycles. The third kappa shape index (κ3) is 5.32. The summed E-state index contributed by atoms with van der Waals surface area (Å²) in [4.78, 5) is 27.5. The smallest absolute Gasteiger partial charge is 0.331 e. The van der Waals surface area contributed by atoms with Gasteiger partial charge in [0.25, 0.3) is 5.91 Å². The lowest BCUT2D eigenvalue weighted by Gasteiger charge is -2.22. The summed E-state index contributed by atoms with van der Waals surface area (Å²) in [5.41, 5.74) is 1.52. The van der Waals surface area contributed by atoms with Gasteiger partial charge in [0.15, 0.2) is 18.1 Å². The minimum Gasteiger partial charge on any atom is -0.504 e. The van der Waals surface area contributed by atoms with E-state index in [1.165, 1.54) is 25.3 Å². The Bertz CT molecular complexity index is 927. The molecular weight excluding hydrogens is 390 g/mol. The summed E-state index contributed by atoms with van der Waals surface area (Å²) in [6.07, 6.45) is 3.64. The number of phenols is 1. The Balaban J connectivity index is 1.61. The molecule has 0 aromatic heterocycles. The number of nitrogens with zero attached hydrogens (tertiary/aromatic N) is 1. The molecule has 6 nitrogen and oxygen atoms in total. The zero-order valence-corrected chi connectivity index (χ0v) is 17.1. The number of hydrogen-bond donors (Lipinski definition) is 1. The summed E-state index contributed by atoms with van der Waals surface area (Å²) in [7, 11) is 1.45. The number of phenolic OH excluding ortho intramolecular Hbond substituents is 1. The molecule has 3 rings (SSSR count). The second kappa shape index (κ2) is 9.52. The number of fused-ring (bicyclic) bond motifs is 1. The molecule has 2 aromatic carbocycles. The lowest BCUT2D eigenvalue weighted by atomic mass is 10.2. The Kier molecular flexibility index (Phi) is 6.82. The summed E-state index contributed by atoms with van der Waals surface area (Å²) in [6.45, 7) is 2.40. The number of esters is 1. The summed E-state index contributed by atoms with van der Waals surface area (Å²) in [6, 6.07) is 12.5. The van der Waals surface area contributed by atoms with Crippen molar-refractivity contribution >= 4 is 35.4 Å². The molecular formula is C22H23NO5S. The summed E-state index contributed by atoms with van der Waals surface area (Å²) in [5, 5.41) is 10.0. The van der Waals surface area contributed by atoms with Crippen molar-refractivity contribution in [2.24, 2.45) is 0 Å². The maximum Gasteiger partial charge on any atom is 0.331 e. The highest BCUT2D eigenvalue weighted by atomic mass is 32.2. The second-order valence-corrected chi connectivity index (χ2v) is 8.08. The van der Waals surface area contributed by atoms with Crippen LogP contribution in [0.1, 0.15) is 18.9 Å². The van der Waals surface area contributed by atoms with Crippen molar-refractivity contribution in [2.75, 3.05) is 25.2 Å². The first kappa shape index (κ1) is 20.8. The van der Waals surface area contributed by atoms with Gasteiger partial charge in [-0.05, 0) is 42.3 Å². The van der Waals surface area contributed by atoms with Gasteiger partial charge >= 0.3 is 5.97 Å². The van der Waals surface area contributed by atoms with Crippen LogP contribution in [0.4, 0.5) is 5.69 Å². The van der Waals surface area contributed by atoms with Crippen molar-refractivity contribution in [1.29, 1.82) is 0 Å². The Labute approximate surface area is 174 Å². The molecule has 1 heterocycles. The van der Waals surface area contributed by atoms with Crippen molar-refractivity contribution in [3.63, 3.8) is 0 Å². The number of carbonyl (C=O) groups is 2. The monoisotopic (exact) mass is 413 g/mol. The van der Waals surface area contributed by atoms with Gasteiger partial charge in [0.2, 0.25) is 0 Å². The van der Waals surface area contributed by atoms with Crippen molar-refractivity contribution in [2.45, 2.75) is 23.5 Å². The summed E-state index contributed by atoms with van der Waals surface area (Å²) in [5.74, 6) is -0.540. The Morgan fingerprint density at radius 1 is 1.28 bits per heavy atom. The standard InChI is InChI=1S/C22H23NO5S/c1-15-11-12-23(17-5-3-4-6-20(17)29-15)21(25)14-28-22(26)10-8-16-7-9-18(24)19(13-16)27-2/h3-10,13,15,24H,11-12,14H2,1-2H3/b10-8+/t15-/m0/s1. The Morgan fingerprint density at radius 2 is 2.07 bits per heavy atom. The average Bonchev–Trinajstić information content (AvgIpc) is 2.89. The van der Waals surface area contributed by atoms with Crippen LogP contribution in [0.5, 0.6) is 11.5 Å². The van der Waals surface area contributed by atoms with Crippen molar-refractivity contribution < 1.29 is 24.2 Å². The highest BCUT2D eigenvalue weighted by Crippen LogP contribution is 2.37. The number of benzene rings is 2. The van der Waals surface area contributed by atoms with Gasteiger partial charge in [-0.3, -0.25) is 4.79 Å². The molecule has 0 fully saturated rings. The first-order valence-electron chi connectivity index (χ1n) is 9.26. The summed E-state index contributed by atoms with van der Waals surface area (Å²) < 4.78 is 10.2. The van der Waals surface area contributed by atoms with Crippen LogP contribution in [0.15, 0.2) is 53.4 Å². The molecule has 1 atom stereocenters. The Morgan fingerprint density at radius 3 is 2.86 bits per heavy atom. The zero-order valence-electron chi connectivity index (χ0n) is 16.3. The third-order valence-corrected chi connectivity index (χ3v) is 5.74. The lowest BCUT2D eigenvalue weighted by molar-refractivity contribution is -0.142. The molecule has 0 unspecified atom stereocenters. The fraction of sp³-hybridized carbons (Fsp3) is 0.273. The van der Waals surface area contributed by atoms with Gasteiger partial charge in [0.05, 0.1) is 12.8 Å². The molecule has 1 aliphatic rings. The highest BCUT2D eigenvalue weighted by Gasteiger charge is 2.24. The molecule has 0 aliphatic carbocycles. The van der Waals surface area contributed by atoms with Gasteiger partial charge in [-0.25, -0.2) is 4.79 Å². The van der Waals surface area contributed by atoms with E-state index in [1.54, 1.807) is 28.8 Å². The molecule has 29 heavy (non-hydrogen) atoms. The fourth-order valence-electron chi connectivity index (χ4n) is 2.97. The number of methoxy groups -OCH3 is 1. The van der Waals surface area contributed by atoms with Gasteiger partial charge in [0, 0.05) is 22.8 Å². The average molecular weight is 413 g/mol. The van der Waals surface area contributed by atoms with Crippen LogP contribution in [0.3, 0.4) is 0 Å². The van der Waals surface area contributed by atoms with Crippen molar-refractivity contribution in [1.82, 2.24) is 0 Å². The first-order chi connectivity index (χ1) is 14.0. The van der Waals surface area contributed by atoms with Gasteiger partial charge < -0.3 is 19.5 Å². The number of hydrogen-bond acceptors (Lipinski definition) is 6. The molecule has 2 aromatic rings. The van der Waals surface area contributed by atoms with E-state index in [9.17, 15) is 14.7 Å². The lowest BCUT2D eigenvalue weighted by Crippen LogP contribution is -2.35. The molecule has 1 N–H and O–H groups in total. The van der Waals surface area contributed by atoms with E-state index >= 15 is 0 Å². The summed E-state index contributed by atoms with van der Waals surface area (Å²) >= 11 is 1.75. The van der Waals surface area contributed by atoms with Gasteiger partial charge in [-0.1, -0.05) is 25.1 Å². The van der Waals surface area contributed by atoms with Crippen LogP contribution in [0.25, 0.3) is 6.08 Å². The van der Waals surface area contributed by atoms with E-state index in [-0.39, 0.29) is 18.3 Å². The quantitative estimate of drug-likeness (QED) is 0.592. The predicted molar refractivity (Wildman–Crippen MR) is 113 cm³/mol. The predicted octanol–water partition coefficient (Wildman–Crippen LogP) is 3.87. The van der Waals surface area contributed by atoms with E-state index in [0.29, 0.717) is 23.1 Å². The molecule has 152 valence electrons. The zero-order chi connectivity index (χ0) is 20.8. The molecule has 0 bridgehead atoms. The topological polar surface area (TPSA) is 76.1 Å². The van der Waals surface area contributed by atoms with E-state index in [0.717, 1.165) is 17.0 Å². The number of aromatic hydroxyl groups is 1. The van der Waals surface area contributed by atoms with E-state index in [2.05, 4.69) is 6.92 Å². The minimum absolute atomic E-state index is 0.0167.